The smallest absolute Gasteiger partial charge is 0.270 e. The number of rotatable bonds is 30. The van der Waals surface area contributed by atoms with Gasteiger partial charge < -0.3 is 105 Å². The molecule has 730 valence electrons. The van der Waals surface area contributed by atoms with Crippen molar-refractivity contribution in [2.75, 3.05) is 144 Å². The zero-order chi connectivity index (χ0) is 94.6. The fourth-order valence-corrected chi connectivity index (χ4v) is 19.9. The summed E-state index contributed by atoms with van der Waals surface area (Å²) in [6, 6.07) is 22.1. The van der Waals surface area contributed by atoms with Gasteiger partial charge in [0.15, 0.2) is 59.2 Å². The molecular weight excluding hydrogens is 1750 g/mol. The van der Waals surface area contributed by atoms with Crippen LogP contribution in [-0.2, 0) is 54.2 Å². The average Bonchev–Trinajstić information content (AvgIpc) is 0.717. The fraction of sp³-hybridized carbons (Fsp3) is 0.528. The van der Waals surface area contributed by atoms with E-state index in [-0.39, 0.29) is 144 Å². The Bertz CT molecular complexity index is 5260. The van der Waals surface area contributed by atoms with Crippen LogP contribution in [0, 0.1) is 20.2 Å². The molecule has 0 aromatic heterocycles. The fourth-order valence-electron chi connectivity index (χ4n) is 19.9. The highest BCUT2D eigenvalue weighted by Crippen LogP contribution is 2.63. The van der Waals surface area contributed by atoms with Gasteiger partial charge in [-0.3, -0.25) is 29.8 Å². The third kappa shape index (κ3) is 22.0. The van der Waals surface area contributed by atoms with E-state index < -0.39 is 78.9 Å². The lowest BCUT2D eigenvalue weighted by Crippen LogP contribution is -2.26. The highest BCUT2D eigenvalue weighted by molar-refractivity contribution is 5.94. The van der Waals surface area contributed by atoms with Crippen LogP contribution < -0.4 is 86.4 Å². The SMILES string of the molecule is CCCCCC1c2cc3c4c5c2OCOc2c1cc1c(c2OCCOCCOCCOCCOCCO5)OCOc2c(cc5c6c2OCC(=O)Nc2cc7c(OCCC)c(c2)Cc2cc([N+](=O)[O-])cc(c2OCCC)Cc2cc([N+](=O)[O-])cc(c2OCCC)Cc2cc(cc(c2OCCC)C7)NC(=O)COc2c(c(cc(c2OCO6)C5CCCCC)C3CCCCC)OCO4)C1CCCCC. The summed E-state index contributed by atoms with van der Waals surface area (Å²) >= 11 is 0. The molecule has 1 aliphatic carbocycles. The van der Waals surface area contributed by atoms with Crippen molar-refractivity contribution in [3.63, 3.8) is 0 Å². The van der Waals surface area contributed by atoms with Crippen molar-refractivity contribution in [3.8, 4) is 92.0 Å². The van der Waals surface area contributed by atoms with Crippen LogP contribution in [0.1, 0.15) is 296 Å². The first-order valence-electron chi connectivity index (χ1n) is 49.3. The van der Waals surface area contributed by atoms with Gasteiger partial charge in [-0.05, 0) is 99.9 Å². The molecule has 30 heteroatoms. The number of hydrogen-bond donors (Lipinski definition) is 2. The van der Waals surface area contributed by atoms with Gasteiger partial charge in [-0.15, -0.1) is 0 Å². The lowest BCUT2D eigenvalue weighted by atomic mass is 9.75. The molecule has 0 saturated heterocycles. The molecule has 8 aliphatic rings. The second-order valence-electron chi connectivity index (χ2n) is 35.9. The van der Waals surface area contributed by atoms with Gasteiger partial charge in [-0.2, -0.15) is 0 Å². The number of benzene rings is 8. The van der Waals surface area contributed by atoms with Gasteiger partial charge in [0.05, 0.1) is 89.1 Å². The number of amides is 2. The van der Waals surface area contributed by atoms with Crippen LogP contribution in [0.25, 0.3) is 0 Å². The van der Waals surface area contributed by atoms with E-state index in [1.54, 1.807) is 12.1 Å². The number of nitrogens with one attached hydrogen (secondary N) is 2. The van der Waals surface area contributed by atoms with Crippen LogP contribution in [0.4, 0.5) is 22.7 Å². The maximum absolute atomic E-state index is 16.2. The molecular formula is C106H130N4O26. The molecule has 0 radical (unpaired) electrons. The van der Waals surface area contributed by atoms with Crippen LogP contribution in [0.15, 0.2) is 72.8 Å². The molecule has 8 aromatic carbocycles. The monoisotopic (exact) mass is 1870 g/mol. The summed E-state index contributed by atoms with van der Waals surface area (Å²) in [6.07, 6.45) is 14.1. The highest BCUT2D eigenvalue weighted by atomic mass is 16.7. The molecule has 30 nitrogen and oxygen atoms in total. The predicted molar refractivity (Wildman–Crippen MR) is 510 cm³/mol. The maximum atomic E-state index is 16.2. The van der Waals surface area contributed by atoms with Crippen molar-refractivity contribution in [1.82, 2.24) is 0 Å². The van der Waals surface area contributed by atoms with E-state index in [1.807, 2.05) is 39.8 Å². The van der Waals surface area contributed by atoms with Crippen molar-refractivity contribution in [2.24, 2.45) is 0 Å². The zero-order valence-electron chi connectivity index (χ0n) is 79.9. The minimum Gasteiger partial charge on any atom is -0.493 e. The van der Waals surface area contributed by atoms with Gasteiger partial charge in [-0.1, -0.05) is 132 Å². The Morgan fingerprint density at radius 1 is 0.279 bits per heavy atom. The molecule has 2 unspecified atom stereocenters. The minimum atomic E-state index is -0.661. The van der Waals surface area contributed by atoms with E-state index in [2.05, 4.69) is 62.6 Å². The standard InChI is InChI=1S/C106H130N4O26/c1-9-17-21-25-77-81-55-83-78(26-22-18-10-2)85-57-87-80(28-24-20-12-4)88-58-86-79(27-23-19-11-3)84-56-82(77)96-104-98(84)132-63-134-100(86)106-102(88)136-64-135-101(87)105(99(85)133-62-131-97(83)103(95(81)129-61-130-96)125-41-39-119-37-35-117-33-34-118-36-38-120-40-42-126-104)127-59-89(111)107-73-47-65-43-66-48-74(108-90(112)60-128-106)50-68(92(66)122-30-14-6)45-70-52-76(110(115)116)54-72(94(70)124-32-16-8)46-71-53-75(109(113)114)51-69(93(71)123-31-15-7)44-67(49-73)91(65)121-29-13-5/h47-58,77-80H,9-46,59-64H2,1-8H3,(H,107,111)(H,108,112). The number of carbonyl (C=O) groups excluding carboxylic acids is 2. The number of anilines is 2. The second-order valence-corrected chi connectivity index (χ2v) is 35.9. The number of unbranched alkanes of at least 4 members (excludes halogenated alkanes) is 8. The van der Waals surface area contributed by atoms with Gasteiger partial charge in [0.1, 0.15) is 36.2 Å². The molecule has 0 spiro atoms. The van der Waals surface area contributed by atoms with Crippen molar-refractivity contribution in [2.45, 2.75) is 233 Å². The van der Waals surface area contributed by atoms with Crippen LogP contribution in [0.3, 0.4) is 0 Å². The largest absolute Gasteiger partial charge is 0.493 e. The summed E-state index contributed by atoms with van der Waals surface area (Å²) in [4.78, 5) is 58.4. The van der Waals surface area contributed by atoms with E-state index in [9.17, 15) is 20.2 Å². The molecule has 136 heavy (non-hydrogen) atoms. The Morgan fingerprint density at radius 3 is 0.721 bits per heavy atom. The summed E-state index contributed by atoms with van der Waals surface area (Å²) in [5.41, 5.74) is 9.77. The molecule has 2 atom stereocenters. The molecule has 7 aliphatic heterocycles. The number of ether oxygens (including phenoxy) is 20. The third-order valence-electron chi connectivity index (χ3n) is 26.0. The molecule has 2 amide bonds. The van der Waals surface area contributed by atoms with E-state index in [0.29, 0.717) is 209 Å². The van der Waals surface area contributed by atoms with Crippen LogP contribution >= 0.6 is 0 Å². The number of nitro groups is 2. The molecule has 2 N–H and O–H groups in total. The Kier molecular flexibility index (Phi) is 33.5. The molecule has 8 aromatic rings. The Morgan fingerprint density at radius 2 is 0.500 bits per heavy atom. The van der Waals surface area contributed by atoms with Gasteiger partial charge in [0, 0.05) is 174 Å². The summed E-state index contributed by atoms with van der Waals surface area (Å²) < 4.78 is 139. The number of hydrogen-bond acceptors (Lipinski definition) is 26. The van der Waals surface area contributed by atoms with Crippen molar-refractivity contribution >= 4 is 34.6 Å². The lowest BCUT2D eigenvalue weighted by Gasteiger charge is -2.37. The molecule has 0 fully saturated rings. The van der Waals surface area contributed by atoms with Gasteiger partial charge in [0.2, 0.25) is 50.2 Å². The van der Waals surface area contributed by atoms with E-state index in [4.69, 9.17) is 94.7 Å². The zero-order valence-corrected chi connectivity index (χ0v) is 79.9. The Labute approximate surface area is 795 Å². The average molecular weight is 1880 g/mol. The molecule has 16 rings (SSSR count). The maximum Gasteiger partial charge on any atom is 0.270 e. The summed E-state index contributed by atoms with van der Waals surface area (Å²) in [5, 5.41) is 33.6. The summed E-state index contributed by atoms with van der Waals surface area (Å²) in [6.45, 7) is 17.0. The van der Waals surface area contributed by atoms with Crippen molar-refractivity contribution in [3.05, 3.63) is 182 Å². The normalized spacial score (nSPS) is 17.9. The van der Waals surface area contributed by atoms with Gasteiger partial charge in [-0.25, -0.2) is 0 Å². The number of non-ortho nitro benzene ring substituents is 2. The molecule has 7 heterocycles. The van der Waals surface area contributed by atoms with Crippen LogP contribution in [-0.4, -0.2) is 155 Å². The van der Waals surface area contributed by atoms with E-state index >= 15 is 9.59 Å². The third-order valence-corrected chi connectivity index (χ3v) is 26.0. The first-order valence-corrected chi connectivity index (χ1v) is 49.3. The van der Waals surface area contributed by atoms with Crippen LogP contribution in [0.2, 0.25) is 0 Å². The topological polar surface area (TPSA) is 329 Å². The van der Waals surface area contributed by atoms with Gasteiger partial charge in [0.25, 0.3) is 23.2 Å². The second kappa shape index (κ2) is 46.8. The van der Waals surface area contributed by atoms with E-state index in [0.717, 1.165) is 104 Å². The van der Waals surface area contributed by atoms with Crippen molar-refractivity contribution in [1.29, 1.82) is 0 Å². The first-order chi connectivity index (χ1) is 66.6. The van der Waals surface area contributed by atoms with E-state index in [1.165, 1.54) is 24.3 Å². The Balaban J connectivity index is 1.00. The molecule has 0 saturated carbocycles. The lowest BCUT2D eigenvalue weighted by molar-refractivity contribution is -0.385. The van der Waals surface area contributed by atoms with Gasteiger partial charge >= 0.3 is 0 Å². The Hall–Kier alpha value is -11.9. The summed E-state index contributed by atoms with van der Waals surface area (Å²) in [5.74, 6) is 1.52. The number of nitro benzene ring substituents is 2. The number of nitrogens with zero attached hydrogens (tertiary/aromatic N) is 2. The quantitative estimate of drug-likeness (QED) is 0.0240. The highest BCUT2D eigenvalue weighted by Gasteiger charge is 2.45. The van der Waals surface area contributed by atoms with Crippen LogP contribution in [0.5, 0.6) is 92.0 Å². The van der Waals surface area contributed by atoms with Crippen molar-refractivity contribution < 1.29 is 114 Å². The molecule has 18 bridgehead atoms. The summed E-state index contributed by atoms with van der Waals surface area (Å²) in [7, 11) is 0. The first kappa shape index (κ1) is 97.2. The minimum absolute atomic E-state index is 0.000780. The number of fused-ring (bicyclic) bond motifs is 22. The predicted octanol–water partition coefficient (Wildman–Crippen LogP) is 21.6. The number of carbonyl (C=O) groups is 2.